The Balaban J connectivity index is 2.25. The second-order valence-electron chi connectivity index (χ2n) is 4.51. The predicted molar refractivity (Wildman–Crippen MR) is 71.7 cm³/mol. The molecule has 0 bridgehead atoms. The Morgan fingerprint density at radius 3 is 2.15 bits per heavy atom. The van der Waals surface area contributed by atoms with Gasteiger partial charge in [0.25, 0.3) is 0 Å². The highest BCUT2D eigenvalue weighted by Gasteiger charge is 2.34. The molecule has 0 spiro atoms. The van der Waals surface area contributed by atoms with Crippen molar-refractivity contribution in [3.05, 3.63) is 22.4 Å². The molecular formula is C11H12Cl2F2N2O2S. The van der Waals surface area contributed by atoms with Gasteiger partial charge in [-0.05, 0) is 12.8 Å². The van der Waals surface area contributed by atoms with Crippen molar-refractivity contribution in [2.45, 2.75) is 24.2 Å². The molecule has 9 heteroatoms. The zero-order valence-electron chi connectivity index (χ0n) is 10.3. The van der Waals surface area contributed by atoms with E-state index in [0.717, 1.165) is 4.31 Å². The van der Waals surface area contributed by atoms with E-state index in [0.29, 0.717) is 0 Å². The Kier molecular flexibility index (Phi) is 4.84. The SMILES string of the molecule is O=S(=O)(c1c(Cl)cncc1Cl)N1CCC(C(F)F)CC1. The van der Waals surface area contributed by atoms with Gasteiger partial charge in [0.1, 0.15) is 4.90 Å². The lowest BCUT2D eigenvalue weighted by Gasteiger charge is -2.31. The van der Waals surface area contributed by atoms with Crippen LogP contribution in [0, 0.1) is 5.92 Å². The largest absolute Gasteiger partial charge is 0.262 e. The van der Waals surface area contributed by atoms with Crippen LogP contribution < -0.4 is 0 Å². The van der Waals surface area contributed by atoms with Crippen LogP contribution in [0.2, 0.25) is 10.0 Å². The molecule has 1 aromatic rings. The molecule has 2 heterocycles. The molecule has 0 atom stereocenters. The van der Waals surface area contributed by atoms with E-state index in [9.17, 15) is 17.2 Å². The number of piperidine rings is 1. The fourth-order valence-corrected chi connectivity index (χ4v) is 4.64. The number of rotatable bonds is 3. The third-order valence-electron chi connectivity index (χ3n) is 3.26. The van der Waals surface area contributed by atoms with Crippen molar-refractivity contribution in [1.82, 2.24) is 9.29 Å². The van der Waals surface area contributed by atoms with Crippen molar-refractivity contribution >= 4 is 33.2 Å². The third kappa shape index (κ3) is 3.05. The van der Waals surface area contributed by atoms with Gasteiger partial charge in [0, 0.05) is 31.4 Å². The van der Waals surface area contributed by atoms with E-state index in [2.05, 4.69) is 4.98 Å². The van der Waals surface area contributed by atoms with Gasteiger partial charge in [0.15, 0.2) is 0 Å². The van der Waals surface area contributed by atoms with E-state index in [1.165, 1.54) is 12.4 Å². The highest BCUT2D eigenvalue weighted by atomic mass is 35.5. The zero-order chi connectivity index (χ0) is 14.9. The molecule has 0 amide bonds. The number of nitrogens with zero attached hydrogens (tertiary/aromatic N) is 2. The minimum atomic E-state index is -3.89. The lowest BCUT2D eigenvalue weighted by atomic mass is 9.99. The maximum absolute atomic E-state index is 12.6. The summed E-state index contributed by atoms with van der Waals surface area (Å²) in [5.41, 5.74) is 0. The highest BCUT2D eigenvalue weighted by Crippen LogP contribution is 2.33. The number of sulfonamides is 1. The minimum Gasteiger partial charge on any atom is -0.262 e. The van der Waals surface area contributed by atoms with Crippen molar-refractivity contribution in [3.8, 4) is 0 Å². The Morgan fingerprint density at radius 2 is 1.70 bits per heavy atom. The molecule has 0 aliphatic carbocycles. The quantitative estimate of drug-likeness (QED) is 0.846. The monoisotopic (exact) mass is 344 g/mol. The second-order valence-corrected chi connectivity index (χ2v) is 7.20. The smallest absolute Gasteiger partial charge is 0.246 e. The van der Waals surface area contributed by atoms with Gasteiger partial charge in [-0.3, -0.25) is 4.98 Å². The lowest BCUT2D eigenvalue weighted by Crippen LogP contribution is -2.40. The van der Waals surface area contributed by atoms with Gasteiger partial charge >= 0.3 is 0 Å². The Labute approximate surface area is 125 Å². The summed E-state index contributed by atoms with van der Waals surface area (Å²) in [5.74, 6) is -0.759. The topological polar surface area (TPSA) is 50.3 Å². The number of halogens is 4. The summed E-state index contributed by atoms with van der Waals surface area (Å²) < 4.78 is 51.2. The maximum Gasteiger partial charge on any atom is 0.246 e. The number of alkyl halides is 2. The molecule has 1 aromatic heterocycles. The van der Waals surface area contributed by atoms with Crippen LogP contribution in [0.5, 0.6) is 0 Å². The Hall–Kier alpha value is -0.500. The van der Waals surface area contributed by atoms with Gasteiger partial charge in [-0.1, -0.05) is 23.2 Å². The number of aromatic nitrogens is 1. The third-order valence-corrected chi connectivity index (χ3v) is 6.06. The molecule has 0 radical (unpaired) electrons. The van der Waals surface area contributed by atoms with E-state index in [-0.39, 0.29) is 40.9 Å². The van der Waals surface area contributed by atoms with Crippen LogP contribution in [0.15, 0.2) is 17.3 Å². The molecular weight excluding hydrogens is 333 g/mol. The molecule has 2 rings (SSSR count). The predicted octanol–water partition coefficient (Wildman–Crippen LogP) is 3.05. The molecule has 20 heavy (non-hydrogen) atoms. The van der Waals surface area contributed by atoms with Crippen molar-refractivity contribution < 1.29 is 17.2 Å². The summed E-state index contributed by atoms with van der Waals surface area (Å²) in [6.07, 6.45) is 0.195. The van der Waals surface area contributed by atoms with E-state index < -0.39 is 22.4 Å². The molecule has 1 aliphatic heterocycles. The Morgan fingerprint density at radius 1 is 1.20 bits per heavy atom. The fourth-order valence-electron chi connectivity index (χ4n) is 2.14. The van der Waals surface area contributed by atoms with Crippen molar-refractivity contribution in [3.63, 3.8) is 0 Å². The van der Waals surface area contributed by atoms with Crippen LogP contribution in [0.25, 0.3) is 0 Å². The molecule has 112 valence electrons. The average molecular weight is 345 g/mol. The summed E-state index contributed by atoms with van der Waals surface area (Å²) in [4.78, 5) is 3.48. The van der Waals surface area contributed by atoms with Gasteiger partial charge in [0.05, 0.1) is 10.0 Å². The summed E-state index contributed by atoms with van der Waals surface area (Å²) >= 11 is 11.7. The Bertz CT molecular complexity index is 570. The average Bonchev–Trinajstić information content (AvgIpc) is 2.38. The molecule has 1 aliphatic rings. The van der Waals surface area contributed by atoms with Crippen molar-refractivity contribution in [2.75, 3.05) is 13.1 Å². The first-order valence-electron chi connectivity index (χ1n) is 5.91. The highest BCUT2D eigenvalue weighted by molar-refractivity contribution is 7.89. The standard InChI is InChI=1S/C11H12Cl2F2N2O2S/c12-8-5-16-6-9(13)10(8)20(18,19)17-3-1-7(2-4-17)11(14)15/h5-7,11H,1-4H2. The van der Waals surface area contributed by atoms with Crippen LogP contribution in [0.4, 0.5) is 8.78 Å². The normalized spacial score (nSPS) is 18.6. The number of pyridine rings is 1. The van der Waals surface area contributed by atoms with Crippen LogP contribution in [-0.2, 0) is 10.0 Å². The molecule has 0 unspecified atom stereocenters. The van der Waals surface area contributed by atoms with E-state index in [4.69, 9.17) is 23.2 Å². The van der Waals surface area contributed by atoms with Gasteiger partial charge in [-0.15, -0.1) is 0 Å². The number of hydrogen-bond acceptors (Lipinski definition) is 3. The van der Waals surface area contributed by atoms with Crippen LogP contribution in [0.1, 0.15) is 12.8 Å². The van der Waals surface area contributed by atoms with Gasteiger partial charge in [-0.25, -0.2) is 17.2 Å². The van der Waals surface area contributed by atoms with E-state index in [1.54, 1.807) is 0 Å². The molecule has 0 saturated carbocycles. The lowest BCUT2D eigenvalue weighted by molar-refractivity contribution is 0.0491. The fraction of sp³-hybridized carbons (Fsp3) is 0.545. The van der Waals surface area contributed by atoms with Gasteiger partial charge in [0.2, 0.25) is 16.4 Å². The minimum absolute atomic E-state index is 0.0340. The van der Waals surface area contributed by atoms with E-state index >= 15 is 0 Å². The summed E-state index contributed by atoms with van der Waals surface area (Å²) in [6, 6.07) is 0. The van der Waals surface area contributed by atoms with Crippen molar-refractivity contribution in [2.24, 2.45) is 5.92 Å². The van der Waals surface area contributed by atoms with Gasteiger partial charge in [-0.2, -0.15) is 4.31 Å². The zero-order valence-corrected chi connectivity index (χ0v) is 12.6. The molecule has 1 saturated heterocycles. The second kappa shape index (κ2) is 6.09. The van der Waals surface area contributed by atoms with Gasteiger partial charge < -0.3 is 0 Å². The van der Waals surface area contributed by atoms with Crippen molar-refractivity contribution in [1.29, 1.82) is 0 Å². The van der Waals surface area contributed by atoms with E-state index in [1.807, 2.05) is 0 Å². The first-order chi connectivity index (χ1) is 9.34. The molecule has 0 N–H and O–H groups in total. The first-order valence-corrected chi connectivity index (χ1v) is 8.11. The van der Waals surface area contributed by atoms with Crippen LogP contribution in [0.3, 0.4) is 0 Å². The first kappa shape index (κ1) is 15.9. The van der Waals surface area contributed by atoms with Crippen LogP contribution in [-0.4, -0.2) is 37.2 Å². The summed E-state index contributed by atoms with van der Waals surface area (Å²) in [5, 5.41) is -0.151. The molecule has 0 aromatic carbocycles. The summed E-state index contributed by atoms with van der Waals surface area (Å²) in [6.45, 7) is 0.0681. The maximum atomic E-state index is 12.6. The van der Waals surface area contributed by atoms with Crippen LogP contribution >= 0.6 is 23.2 Å². The summed E-state index contributed by atoms with van der Waals surface area (Å²) in [7, 11) is -3.89. The molecule has 4 nitrogen and oxygen atoms in total. The number of hydrogen-bond donors (Lipinski definition) is 0. The molecule has 1 fully saturated rings.